The van der Waals surface area contributed by atoms with E-state index in [1.807, 2.05) is 0 Å². The van der Waals surface area contributed by atoms with Crippen LogP contribution in [0.1, 0.15) is 18.4 Å². The number of carboxylic acids is 1. The van der Waals surface area contributed by atoms with Gasteiger partial charge in [-0.05, 0) is 60.8 Å². The summed E-state index contributed by atoms with van der Waals surface area (Å²) in [5.74, 6) is -1.79. The smallest absolute Gasteiger partial charge is 0.490 e. The monoisotopic (exact) mass is 369 g/mol. The van der Waals surface area contributed by atoms with Crippen molar-refractivity contribution in [1.29, 1.82) is 0 Å². The number of methoxy groups -OCH3 is 1. The minimum absolute atomic E-state index is 0.968. The van der Waals surface area contributed by atoms with Crippen LogP contribution in [-0.4, -0.2) is 48.9 Å². The highest BCUT2D eigenvalue weighted by molar-refractivity contribution is 5.87. The SMILES string of the molecule is COc1cc(CCN2CCCC2)c2ccccc2c1.O=C(O)C(F)(F)F. The molecule has 142 valence electrons. The van der Waals surface area contributed by atoms with Crippen molar-refractivity contribution in [2.24, 2.45) is 0 Å². The number of benzene rings is 2. The Bertz CT molecular complexity index is 740. The van der Waals surface area contributed by atoms with E-state index in [0.29, 0.717) is 0 Å². The van der Waals surface area contributed by atoms with Crippen LogP contribution in [0.5, 0.6) is 5.75 Å². The molecule has 0 unspecified atom stereocenters. The Morgan fingerprint density at radius 2 is 1.81 bits per heavy atom. The lowest BCUT2D eigenvalue weighted by Gasteiger charge is -2.16. The highest BCUT2D eigenvalue weighted by atomic mass is 19.4. The highest BCUT2D eigenvalue weighted by Crippen LogP contribution is 2.26. The molecule has 0 aromatic heterocycles. The Morgan fingerprint density at radius 1 is 1.19 bits per heavy atom. The lowest BCUT2D eigenvalue weighted by molar-refractivity contribution is -0.192. The van der Waals surface area contributed by atoms with Crippen molar-refractivity contribution < 1.29 is 27.8 Å². The summed E-state index contributed by atoms with van der Waals surface area (Å²) < 4.78 is 37.2. The summed E-state index contributed by atoms with van der Waals surface area (Å²) in [5.41, 5.74) is 1.40. The summed E-state index contributed by atoms with van der Waals surface area (Å²) in [6, 6.07) is 12.9. The number of ether oxygens (including phenoxy) is 1. The van der Waals surface area contributed by atoms with Crippen molar-refractivity contribution >= 4 is 16.7 Å². The van der Waals surface area contributed by atoms with Crippen LogP contribution in [0.25, 0.3) is 10.8 Å². The molecule has 2 aromatic rings. The maximum Gasteiger partial charge on any atom is 0.490 e. The van der Waals surface area contributed by atoms with Gasteiger partial charge in [0.25, 0.3) is 0 Å². The van der Waals surface area contributed by atoms with Gasteiger partial charge in [-0.3, -0.25) is 0 Å². The summed E-state index contributed by atoms with van der Waals surface area (Å²) in [4.78, 5) is 11.5. The van der Waals surface area contributed by atoms with Gasteiger partial charge in [-0.2, -0.15) is 13.2 Å². The number of halogens is 3. The summed E-state index contributed by atoms with van der Waals surface area (Å²) >= 11 is 0. The third-order valence-corrected chi connectivity index (χ3v) is 4.30. The Kier molecular flexibility index (Phi) is 6.85. The molecule has 7 heteroatoms. The van der Waals surface area contributed by atoms with Crippen LogP contribution < -0.4 is 4.74 Å². The van der Waals surface area contributed by atoms with Crippen LogP contribution in [-0.2, 0) is 11.2 Å². The molecular formula is C19H22F3NO3. The summed E-state index contributed by atoms with van der Waals surface area (Å²) in [5, 5.41) is 9.76. The van der Waals surface area contributed by atoms with Crippen molar-refractivity contribution in [1.82, 2.24) is 4.90 Å². The van der Waals surface area contributed by atoms with E-state index in [2.05, 4.69) is 41.3 Å². The standard InChI is InChI=1S/C17H21NO.C2HF3O2/c1-19-16-12-14-6-2-3-7-17(14)15(13-16)8-11-18-9-4-5-10-18;3-2(4,5)1(6)7/h2-3,6-7,12-13H,4-5,8-11H2,1H3;(H,6,7). The number of aliphatic carboxylic acids is 1. The summed E-state index contributed by atoms with van der Waals surface area (Å²) in [6.45, 7) is 3.70. The molecule has 0 radical (unpaired) electrons. The molecule has 0 bridgehead atoms. The molecule has 26 heavy (non-hydrogen) atoms. The van der Waals surface area contributed by atoms with Crippen molar-refractivity contribution in [3.05, 3.63) is 42.0 Å². The Hall–Kier alpha value is -2.28. The minimum atomic E-state index is -5.08. The predicted molar refractivity (Wildman–Crippen MR) is 93.6 cm³/mol. The second kappa shape index (κ2) is 8.89. The minimum Gasteiger partial charge on any atom is -0.497 e. The maximum absolute atomic E-state index is 10.6. The molecule has 1 aliphatic rings. The van der Waals surface area contributed by atoms with Gasteiger partial charge in [-0.1, -0.05) is 24.3 Å². The molecule has 1 N–H and O–H groups in total. The van der Waals surface area contributed by atoms with E-state index in [1.165, 1.54) is 42.3 Å². The van der Waals surface area contributed by atoms with Crippen molar-refractivity contribution in [3.8, 4) is 5.75 Å². The lowest BCUT2D eigenvalue weighted by atomic mass is 10.0. The molecule has 0 aliphatic carbocycles. The zero-order valence-corrected chi connectivity index (χ0v) is 14.6. The molecule has 0 saturated carbocycles. The van der Waals surface area contributed by atoms with Crippen molar-refractivity contribution in [2.45, 2.75) is 25.4 Å². The fourth-order valence-electron chi connectivity index (χ4n) is 2.97. The van der Waals surface area contributed by atoms with E-state index in [0.717, 1.165) is 18.7 Å². The molecule has 2 aromatic carbocycles. The van der Waals surface area contributed by atoms with Gasteiger partial charge in [0.1, 0.15) is 5.75 Å². The third-order valence-electron chi connectivity index (χ3n) is 4.30. The molecular weight excluding hydrogens is 347 g/mol. The Morgan fingerprint density at radius 3 is 2.38 bits per heavy atom. The van der Waals surface area contributed by atoms with E-state index >= 15 is 0 Å². The van der Waals surface area contributed by atoms with Crippen LogP contribution >= 0.6 is 0 Å². The Balaban J connectivity index is 0.000000298. The average Bonchev–Trinajstić information content (AvgIpc) is 3.12. The van der Waals surface area contributed by atoms with Crippen LogP contribution in [0.15, 0.2) is 36.4 Å². The number of rotatable bonds is 4. The van der Waals surface area contributed by atoms with Gasteiger partial charge in [-0.15, -0.1) is 0 Å². The fourth-order valence-corrected chi connectivity index (χ4v) is 2.97. The largest absolute Gasteiger partial charge is 0.497 e. The summed E-state index contributed by atoms with van der Waals surface area (Å²) in [7, 11) is 1.74. The number of hydrogen-bond acceptors (Lipinski definition) is 3. The zero-order valence-electron chi connectivity index (χ0n) is 14.6. The molecule has 0 amide bonds. The van der Waals surface area contributed by atoms with Gasteiger partial charge in [0.2, 0.25) is 0 Å². The predicted octanol–water partition coefficient (Wildman–Crippen LogP) is 4.12. The second-order valence-electron chi connectivity index (χ2n) is 6.11. The zero-order chi connectivity index (χ0) is 19.2. The average molecular weight is 369 g/mol. The summed E-state index contributed by atoms with van der Waals surface area (Å²) in [6.07, 6.45) is -1.25. The Labute approximate surface area is 150 Å². The van der Waals surface area contributed by atoms with E-state index in [9.17, 15) is 13.2 Å². The first-order valence-corrected chi connectivity index (χ1v) is 8.39. The number of hydrogen-bond donors (Lipinski definition) is 1. The first kappa shape index (κ1) is 20.0. The number of carboxylic acid groups (broad SMARTS) is 1. The quantitative estimate of drug-likeness (QED) is 0.881. The maximum atomic E-state index is 10.6. The van der Waals surface area contributed by atoms with Gasteiger partial charge in [0.05, 0.1) is 7.11 Å². The molecule has 1 heterocycles. The van der Waals surface area contributed by atoms with Gasteiger partial charge in [-0.25, -0.2) is 4.79 Å². The topological polar surface area (TPSA) is 49.8 Å². The van der Waals surface area contributed by atoms with Gasteiger partial charge in [0, 0.05) is 6.54 Å². The van der Waals surface area contributed by atoms with E-state index in [1.54, 1.807) is 7.11 Å². The number of fused-ring (bicyclic) bond motifs is 1. The van der Waals surface area contributed by atoms with Crippen LogP contribution in [0.4, 0.5) is 13.2 Å². The van der Waals surface area contributed by atoms with E-state index in [-0.39, 0.29) is 0 Å². The highest BCUT2D eigenvalue weighted by Gasteiger charge is 2.38. The number of likely N-dealkylation sites (tertiary alicyclic amines) is 1. The van der Waals surface area contributed by atoms with Crippen LogP contribution in [0.2, 0.25) is 0 Å². The lowest BCUT2D eigenvalue weighted by Crippen LogP contribution is -2.22. The second-order valence-corrected chi connectivity index (χ2v) is 6.11. The van der Waals surface area contributed by atoms with Gasteiger partial charge in [0.15, 0.2) is 0 Å². The molecule has 1 fully saturated rings. The van der Waals surface area contributed by atoms with Gasteiger partial charge >= 0.3 is 12.1 Å². The first-order chi connectivity index (χ1) is 12.3. The van der Waals surface area contributed by atoms with Crippen LogP contribution in [0.3, 0.4) is 0 Å². The number of carbonyl (C=O) groups is 1. The fraction of sp³-hybridized carbons (Fsp3) is 0.421. The molecule has 0 atom stereocenters. The van der Waals surface area contributed by atoms with Crippen molar-refractivity contribution in [2.75, 3.05) is 26.7 Å². The third kappa shape index (κ3) is 5.62. The molecule has 1 aliphatic heterocycles. The number of nitrogens with zero attached hydrogens (tertiary/aromatic N) is 1. The van der Waals surface area contributed by atoms with E-state index < -0.39 is 12.1 Å². The van der Waals surface area contributed by atoms with Gasteiger partial charge < -0.3 is 14.7 Å². The molecule has 0 spiro atoms. The molecule has 3 rings (SSSR count). The van der Waals surface area contributed by atoms with Crippen molar-refractivity contribution in [3.63, 3.8) is 0 Å². The number of alkyl halides is 3. The first-order valence-electron chi connectivity index (χ1n) is 8.39. The molecule has 4 nitrogen and oxygen atoms in total. The van der Waals surface area contributed by atoms with Crippen LogP contribution in [0, 0.1) is 0 Å². The van der Waals surface area contributed by atoms with E-state index in [4.69, 9.17) is 14.6 Å². The normalized spacial score (nSPS) is 14.8. The molecule has 1 saturated heterocycles.